The molecule has 0 fully saturated rings. The molecule has 0 aliphatic heterocycles. The molecule has 0 bridgehead atoms. The van der Waals surface area contributed by atoms with E-state index in [-0.39, 0.29) is 17.1 Å². The molecule has 0 atom stereocenters. The summed E-state index contributed by atoms with van der Waals surface area (Å²) in [6.45, 7) is 0. The first-order chi connectivity index (χ1) is 8.61. The molecule has 0 amide bonds. The van der Waals surface area contributed by atoms with Crippen molar-refractivity contribution in [3.8, 4) is 17.1 Å². The van der Waals surface area contributed by atoms with Gasteiger partial charge in [-0.15, -0.1) is 0 Å². The number of carboxylic acid groups (broad SMARTS) is 1. The van der Waals surface area contributed by atoms with E-state index in [9.17, 15) is 9.18 Å². The molecular formula is C12H9FN2O3. The van der Waals surface area contributed by atoms with E-state index >= 15 is 0 Å². The van der Waals surface area contributed by atoms with Gasteiger partial charge in [-0.1, -0.05) is 0 Å². The summed E-state index contributed by atoms with van der Waals surface area (Å²) in [7, 11) is 1.37. The SMILES string of the molecule is COc1ccc(-c2ncc(C(=O)O)cn2)cc1F. The Labute approximate surface area is 102 Å². The predicted octanol–water partition coefficient (Wildman–Crippen LogP) is 1.99. The number of aromatic carboxylic acids is 1. The normalized spacial score (nSPS) is 10.1. The van der Waals surface area contributed by atoms with Crippen LogP contribution in [0.2, 0.25) is 0 Å². The monoisotopic (exact) mass is 248 g/mol. The van der Waals surface area contributed by atoms with Crippen molar-refractivity contribution < 1.29 is 19.0 Å². The van der Waals surface area contributed by atoms with Gasteiger partial charge in [0.1, 0.15) is 0 Å². The van der Waals surface area contributed by atoms with E-state index in [2.05, 4.69) is 9.97 Å². The maximum absolute atomic E-state index is 13.5. The van der Waals surface area contributed by atoms with Crippen LogP contribution >= 0.6 is 0 Å². The van der Waals surface area contributed by atoms with Crippen LogP contribution in [0.1, 0.15) is 10.4 Å². The fraction of sp³-hybridized carbons (Fsp3) is 0.0833. The van der Waals surface area contributed by atoms with Crippen molar-refractivity contribution in [1.29, 1.82) is 0 Å². The summed E-state index contributed by atoms with van der Waals surface area (Å²) in [6.07, 6.45) is 2.35. The number of nitrogens with zero attached hydrogens (tertiary/aromatic N) is 2. The van der Waals surface area contributed by atoms with Crippen LogP contribution in [0.15, 0.2) is 30.6 Å². The standard InChI is InChI=1S/C12H9FN2O3/c1-18-10-3-2-7(4-9(10)13)11-14-5-8(6-15-11)12(16)17/h2-6H,1H3,(H,16,17). The van der Waals surface area contributed by atoms with Crippen molar-refractivity contribution >= 4 is 5.97 Å². The molecule has 2 rings (SSSR count). The van der Waals surface area contributed by atoms with Gasteiger partial charge in [-0.2, -0.15) is 0 Å². The molecule has 1 N–H and O–H groups in total. The molecular weight excluding hydrogens is 239 g/mol. The van der Waals surface area contributed by atoms with Gasteiger partial charge in [-0.05, 0) is 18.2 Å². The molecule has 6 heteroatoms. The van der Waals surface area contributed by atoms with E-state index in [4.69, 9.17) is 9.84 Å². The lowest BCUT2D eigenvalue weighted by atomic mass is 10.2. The van der Waals surface area contributed by atoms with Crippen molar-refractivity contribution in [2.75, 3.05) is 7.11 Å². The minimum atomic E-state index is -1.11. The number of methoxy groups -OCH3 is 1. The Morgan fingerprint density at radius 3 is 2.50 bits per heavy atom. The van der Waals surface area contributed by atoms with E-state index in [1.54, 1.807) is 6.07 Å². The maximum Gasteiger partial charge on any atom is 0.338 e. The highest BCUT2D eigenvalue weighted by molar-refractivity contribution is 5.86. The molecule has 0 saturated heterocycles. The van der Waals surface area contributed by atoms with Crippen LogP contribution < -0.4 is 4.74 Å². The molecule has 0 aliphatic rings. The summed E-state index contributed by atoms with van der Waals surface area (Å²) in [5.74, 6) is -1.26. The van der Waals surface area contributed by atoms with Gasteiger partial charge < -0.3 is 9.84 Å². The van der Waals surface area contributed by atoms with Crippen molar-refractivity contribution in [1.82, 2.24) is 9.97 Å². The first kappa shape index (κ1) is 12.0. The fourth-order valence-corrected chi connectivity index (χ4v) is 1.39. The molecule has 1 aromatic heterocycles. The Bertz CT molecular complexity index is 584. The first-order valence-electron chi connectivity index (χ1n) is 5.01. The van der Waals surface area contributed by atoms with Crippen LogP contribution in [-0.4, -0.2) is 28.2 Å². The number of benzene rings is 1. The molecule has 1 heterocycles. The van der Waals surface area contributed by atoms with Crippen molar-refractivity contribution in [2.24, 2.45) is 0 Å². The molecule has 2 aromatic rings. The van der Waals surface area contributed by atoms with Gasteiger partial charge >= 0.3 is 5.97 Å². The molecule has 0 radical (unpaired) electrons. The quantitative estimate of drug-likeness (QED) is 0.899. The second-order valence-electron chi connectivity index (χ2n) is 3.45. The van der Waals surface area contributed by atoms with Crippen molar-refractivity contribution in [2.45, 2.75) is 0 Å². The Kier molecular flexibility index (Phi) is 3.18. The smallest absolute Gasteiger partial charge is 0.338 e. The molecule has 1 aromatic carbocycles. The van der Waals surface area contributed by atoms with Gasteiger partial charge in [0.15, 0.2) is 17.4 Å². The average molecular weight is 248 g/mol. The molecule has 0 aliphatic carbocycles. The number of halogens is 1. The molecule has 92 valence electrons. The Morgan fingerprint density at radius 1 is 1.33 bits per heavy atom. The minimum absolute atomic E-state index is 0.0206. The predicted molar refractivity (Wildman–Crippen MR) is 60.9 cm³/mol. The van der Waals surface area contributed by atoms with Crippen molar-refractivity contribution in [3.63, 3.8) is 0 Å². The van der Waals surface area contributed by atoms with E-state index in [0.29, 0.717) is 5.56 Å². The van der Waals surface area contributed by atoms with Gasteiger partial charge in [0.25, 0.3) is 0 Å². The van der Waals surface area contributed by atoms with Gasteiger partial charge in [0.05, 0.1) is 12.7 Å². The van der Waals surface area contributed by atoms with Crippen LogP contribution in [0, 0.1) is 5.82 Å². The summed E-state index contributed by atoms with van der Waals surface area (Å²) >= 11 is 0. The number of hydrogen-bond acceptors (Lipinski definition) is 4. The zero-order valence-corrected chi connectivity index (χ0v) is 9.42. The molecule has 18 heavy (non-hydrogen) atoms. The minimum Gasteiger partial charge on any atom is -0.494 e. The maximum atomic E-state index is 13.5. The summed E-state index contributed by atoms with van der Waals surface area (Å²) in [5.41, 5.74) is 0.429. The molecule has 5 nitrogen and oxygen atoms in total. The first-order valence-corrected chi connectivity index (χ1v) is 5.01. The van der Waals surface area contributed by atoms with E-state index in [1.807, 2.05) is 0 Å². The topological polar surface area (TPSA) is 72.3 Å². The second-order valence-corrected chi connectivity index (χ2v) is 3.45. The highest BCUT2D eigenvalue weighted by Gasteiger charge is 2.09. The van der Waals surface area contributed by atoms with E-state index in [1.165, 1.54) is 31.6 Å². The molecule has 0 unspecified atom stereocenters. The highest BCUT2D eigenvalue weighted by atomic mass is 19.1. The zero-order valence-electron chi connectivity index (χ0n) is 9.42. The van der Waals surface area contributed by atoms with Crippen LogP contribution in [0.5, 0.6) is 5.75 Å². The van der Waals surface area contributed by atoms with Gasteiger partial charge in [-0.3, -0.25) is 0 Å². The Hall–Kier alpha value is -2.50. The second kappa shape index (κ2) is 4.79. The molecule has 0 saturated carbocycles. The number of hydrogen-bond donors (Lipinski definition) is 1. The lowest BCUT2D eigenvalue weighted by Crippen LogP contribution is -1.99. The Balaban J connectivity index is 2.36. The summed E-state index contributed by atoms with van der Waals surface area (Å²) < 4.78 is 18.3. The third-order valence-corrected chi connectivity index (χ3v) is 2.31. The average Bonchev–Trinajstić information content (AvgIpc) is 2.38. The largest absolute Gasteiger partial charge is 0.494 e. The Morgan fingerprint density at radius 2 is 2.00 bits per heavy atom. The van der Waals surface area contributed by atoms with Gasteiger partial charge in [0, 0.05) is 18.0 Å². The summed E-state index contributed by atoms with van der Waals surface area (Å²) in [4.78, 5) is 18.4. The summed E-state index contributed by atoms with van der Waals surface area (Å²) in [6, 6.07) is 4.28. The van der Waals surface area contributed by atoms with Crippen LogP contribution in [-0.2, 0) is 0 Å². The van der Waals surface area contributed by atoms with Gasteiger partial charge in [-0.25, -0.2) is 19.2 Å². The lowest BCUT2D eigenvalue weighted by Gasteiger charge is -2.04. The number of aromatic nitrogens is 2. The number of ether oxygens (including phenoxy) is 1. The summed E-state index contributed by atoms with van der Waals surface area (Å²) in [5, 5.41) is 8.70. The number of rotatable bonds is 3. The van der Waals surface area contributed by atoms with Crippen molar-refractivity contribution in [3.05, 3.63) is 42.0 Å². The molecule has 0 spiro atoms. The van der Waals surface area contributed by atoms with Crippen LogP contribution in [0.3, 0.4) is 0 Å². The number of carboxylic acids is 1. The third-order valence-electron chi connectivity index (χ3n) is 2.31. The van der Waals surface area contributed by atoms with Crippen LogP contribution in [0.4, 0.5) is 4.39 Å². The van der Waals surface area contributed by atoms with E-state index < -0.39 is 11.8 Å². The van der Waals surface area contributed by atoms with Crippen LogP contribution in [0.25, 0.3) is 11.4 Å². The van der Waals surface area contributed by atoms with Gasteiger partial charge in [0.2, 0.25) is 0 Å². The zero-order chi connectivity index (χ0) is 13.1. The van der Waals surface area contributed by atoms with E-state index in [0.717, 1.165) is 0 Å². The third kappa shape index (κ3) is 2.27. The highest BCUT2D eigenvalue weighted by Crippen LogP contribution is 2.22. The lowest BCUT2D eigenvalue weighted by molar-refractivity contribution is 0.0696. The number of carbonyl (C=O) groups is 1. The fourth-order valence-electron chi connectivity index (χ4n) is 1.39.